The van der Waals surface area contributed by atoms with E-state index in [4.69, 9.17) is 10.2 Å². The summed E-state index contributed by atoms with van der Waals surface area (Å²) in [6.07, 6.45) is -2.24. The average Bonchev–Trinajstić information content (AvgIpc) is 2.52. The lowest BCUT2D eigenvalue weighted by atomic mass is 9.87. The topological polar surface area (TPSA) is 139 Å². The van der Waals surface area contributed by atoms with Crippen molar-refractivity contribution in [3.05, 3.63) is 0 Å². The van der Waals surface area contributed by atoms with E-state index in [1.807, 2.05) is 0 Å². The van der Waals surface area contributed by atoms with Crippen LogP contribution in [0.2, 0.25) is 0 Å². The molecular weight excluding hydrogens is 304 g/mol. The maximum absolute atomic E-state index is 11.7. The molecule has 2 amide bonds. The Balaban J connectivity index is 4.07. The van der Waals surface area contributed by atoms with Crippen molar-refractivity contribution in [2.75, 3.05) is 26.3 Å². The van der Waals surface area contributed by atoms with Gasteiger partial charge in [0.1, 0.15) is 12.2 Å². The Morgan fingerprint density at radius 2 is 1.13 bits per heavy atom. The van der Waals surface area contributed by atoms with Gasteiger partial charge in [-0.25, -0.2) is 0 Å². The Hall–Kier alpha value is -1.22. The van der Waals surface area contributed by atoms with E-state index in [0.717, 1.165) is 0 Å². The van der Waals surface area contributed by atoms with E-state index >= 15 is 0 Å². The summed E-state index contributed by atoms with van der Waals surface area (Å²) in [6, 6.07) is 0. The lowest BCUT2D eigenvalue weighted by Gasteiger charge is -2.27. The van der Waals surface area contributed by atoms with Crippen molar-refractivity contribution in [3.8, 4) is 0 Å². The largest absolute Gasteiger partial charge is 0.396 e. The van der Waals surface area contributed by atoms with Gasteiger partial charge < -0.3 is 31.1 Å². The predicted molar refractivity (Wildman–Crippen MR) is 84.4 cm³/mol. The Morgan fingerprint density at radius 3 is 1.39 bits per heavy atom. The third-order valence-electron chi connectivity index (χ3n) is 3.74. The monoisotopic (exact) mass is 334 g/mol. The lowest BCUT2D eigenvalue weighted by Crippen LogP contribution is -2.47. The molecule has 0 radical (unpaired) electrons. The number of hydrogen-bond acceptors (Lipinski definition) is 6. The van der Waals surface area contributed by atoms with Crippen molar-refractivity contribution in [3.63, 3.8) is 0 Å². The van der Waals surface area contributed by atoms with Crippen molar-refractivity contribution in [2.24, 2.45) is 10.8 Å². The van der Waals surface area contributed by atoms with Crippen LogP contribution in [0, 0.1) is 10.8 Å². The molecule has 2 unspecified atom stereocenters. The van der Waals surface area contributed by atoms with Crippen molar-refractivity contribution in [1.82, 2.24) is 10.6 Å². The summed E-state index contributed by atoms with van der Waals surface area (Å²) in [5.41, 5.74) is -1.86. The average molecular weight is 334 g/mol. The lowest BCUT2D eigenvalue weighted by molar-refractivity contribution is -0.137. The molecule has 23 heavy (non-hydrogen) atoms. The molecule has 0 fully saturated rings. The molecule has 0 aliphatic rings. The third-order valence-corrected chi connectivity index (χ3v) is 3.74. The Labute approximate surface area is 136 Å². The Kier molecular flexibility index (Phi) is 8.68. The molecule has 0 aliphatic heterocycles. The van der Waals surface area contributed by atoms with Gasteiger partial charge in [0, 0.05) is 23.9 Å². The van der Waals surface area contributed by atoms with Crippen LogP contribution in [-0.4, -0.2) is 70.8 Å². The van der Waals surface area contributed by atoms with Gasteiger partial charge in [-0.05, 0) is 6.42 Å². The van der Waals surface area contributed by atoms with E-state index in [9.17, 15) is 19.8 Å². The van der Waals surface area contributed by atoms with Crippen LogP contribution in [0.25, 0.3) is 0 Å². The minimum atomic E-state index is -1.32. The molecule has 0 bridgehead atoms. The van der Waals surface area contributed by atoms with Crippen molar-refractivity contribution < 1.29 is 30.0 Å². The molecular formula is C15H30N2O6. The van der Waals surface area contributed by atoms with E-state index in [1.165, 1.54) is 0 Å². The van der Waals surface area contributed by atoms with Gasteiger partial charge in [0.15, 0.2) is 0 Å². The fourth-order valence-electron chi connectivity index (χ4n) is 1.59. The smallest absolute Gasteiger partial charge is 0.249 e. The maximum atomic E-state index is 11.7. The summed E-state index contributed by atoms with van der Waals surface area (Å²) in [5, 5.41) is 42.8. The number of carbonyl (C=O) groups is 2. The summed E-state index contributed by atoms with van der Waals surface area (Å²) < 4.78 is 0. The molecule has 0 saturated heterocycles. The van der Waals surface area contributed by atoms with Gasteiger partial charge in [-0.2, -0.15) is 0 Å². The van der Waals surface area contributed by atoms with Crippen LogP contribution in [0.4, 0.5) is 0 Å². The van der Waals surface area contributed by atoms with E-state index in [-0.39, 0.29) is 26.3 Å². The molecule has 0 heterocycles. The van der Waals surface area contributed by atoms with Crippen LogP contribution in [0.3, 0.4) is 0 Å². The minimum absolute atomic E-state index is 0.233. The fraction of sp³-hybridized carbons (Fsp3) is 0.867. The van der Waals surface area contributed by atoms with Gasteiger partial charge in [-0.1, -0.05) is 27.7 Å². The van der Waals surface area contributed by atoms with Crippen LogP contribution in [0.5, 0.6) is 0 Å². The zero-order valence-corrected chi connectivity index (χ0v) is 14.3. The van der Waals surface area contributed by atoms with Gasteiger partial charge in [-0.3, -0.25) is 9.59 Å². The Bertz CT molecular complexity index is 361. The van der Waals surface area contributed by atoms with Gasteiger partial charge in [0.2, 0.25) is 11.8 Å². The van der Waals surface area contributed by atoms with Crippen molar-refractivity contribution in [1.29, 1.82) is 0 Å². The number of nitrogens with one attached hydrogen (secondary N) is 2. The minimum Gasteiger partial charge on any atom is -0.396 e. The molecule has 0 aromatic heterocycles. The molecule has 0 rings (SSSR count). The molecule has 0 spiro atoms. The van der Waals surface area contributed by atoms with Crippen LogP contribution >= 0.6 is 0 Å². The molecule has 8 heteroatoms. The van der Waals surface area contributed by atoms with Crippen LogP contribution in [0.15, 0.2) is 0 Å². The first kappa shape index (κ1) is 21.8. The SMILES string of the molecule is CC(C)(CO)C(O)C(=O)NCCCNC(=O)C(O)C(C)(C)CO. The Morgan fingerprint density at radius 1 is 0.826 bits per heavy atom. The van der Waals surface area contributed by atoms with Crippen LogP contribution in [-0.2, 0) is 9.59 Å². The first-order valence-electron chi connectivity index (χ1n) is 7.63. The number of aliphatic hydroxyl groups excluding tert-OH is 4. The van der Waals surface area contributed by atoms with E-state index in [1.54, 1.807) is 27.7 Å². The number of hydrogen-bond donors (Lipinski definition) is 6. The highest BCUT2D eigenvalue weighted by atomic mass is 16.3. The zero-order chi connectivity index (χ0) is 18.3. The third kappa shape index (κ3) is 6.82. The molecule has 0 saturated carbocycles. The van der Waals surface area contributed by atoms with Gasteiger partial charge in [0.25, 0.3) is 0 Å². The highest BCUT2D eigenvalue weighted by Crippen LogP contribution is 2.20. The second-order valence-corrected chi connectivity index (χ2v) is 7.03. The van der Waals surface area contributed by atoms with Crippen molar-refractivity contribution in [2.45, 2.75) is 46.3 Å². The summed E-state index contributed by atoms with van der Waals surface area (Å²) in [4.78, 5) is 23.4. The van der Waals surface area contributed by atoms with Gasteiger partial charge in [0.05, 0.1) is 13.2 Å². The normalized spacial score (nSPS) is 15.0. The standard InChI is InChI=1S/C15H30N2O6/c1-14(2,8-18)10(20)12(22)16-6-5-7-17-13(23)11(21)15(3,4)9-19/h10-11,18-21H,5-9H2,1-4H3,(H,16,22)(H,17,23). The number of amides is 2. The molecule has 0 aliphatic carbocycles. The highest BCUT2D eigenvalue weighted by molar-refractivity contribution is 5.82. The van der Waals surface area contributed by atoms with E-state index < -0.39 is 34.9 Å². The summed E-state index contributed by atoms with van der Waals surface area (Å²) in [5.74, 6) is -1.17. The second kappa shape index (κ2) is 9.17. The summed E-state index contributed by atoms with van der Waals surface area (Å²) in [7, 11) is 0. The second-order valence-electron chi connectivity index (χ2n) is 7.03. The maximum Gasteiger partial charge on any atom is 0.249 e. The van der Waals surface area contributed by atoms with Crippen molar-refractivity contribution >= 4 is 11.8 Å². The van der Waals surface area contributed by atoms with Gasteiger partial charge >= 0.3 is 0 Å². The number of rotatable bonds is 10. The first-order valence-corrected chi connectivity index (χ1v) is 7.63. The highest BCUT2D eigenvalue weighted by Gasteiger charge is 2.33. The fourth-order valence-corrected chi connectivity index (χ4v) is 1.59. The molecule has 136 valence electrons. The molecule has 2 atom stereocenters. The summed E-state index contributed by atoms with van der Waals surface area (Å²) >= 11 is 0. The van der Waals surface area contributed by atoms with E-state index in [2.05, 4.69) is 10.6 Å². The molecule has 6 N–H and O–H groups in total. The van der Waals surface area contributed by atoms with E-state index in [0.29, 0.717) is 6.42 Å². The quantitative estimate of drug-likeness (QED) is 0.265. The number of aliphatic hydroxyl groups is 4. The van der Waals surface area contributed by atoms with Gasteiger partial charge in [-0.15, -0.1) is 0 Å². The molecule has 0 aromatic rings. The predicted octanol–water partition coefficient (Wildman–Crippen LogP) is -1.63. The first-order chi connectivity index (χ1) is 10.5. The molecule has 8 nitrogen and oxygen atoms in total. The number of carbonyl (C=O) groups excluding carboxylic acids is 2. The molecule has 0 aromatic carbocycles. The van der Waals surface area contributed by atoms with Crippen LogP contribution < -0.4 is 10.6 Å². The van der Waals surface area contributed by atoms with Crippen LogP contribution in [0.1, 0.15) is 34.1 Å². The zero-order valence-electron chi connectivity index (χ0n) is 14.3. The summed E-state index contributed by atoms with van der Waals surface area (Å²) in [6.45, 7) is 6.10.